The summed E-state index contributed by atoms with van der Waals surface area (Å²) in [7, 11) is 0. The van der Waals surface area contributed by atoms with E-state index in [1.165, 1.54) is 64.5 Å². The van der Waals surface area contributed by atoms with Gasteiger partial charge < -0.3 is 5.32 Å². The Morgan fingerprint density at radius 1 is 1.00 bits per heavy atom. The minimum absolute atomic E-state index is 0.818. The maximum absolute atomic E-state index is 3.66. The van der Waals surface area contributed by atoms with E-state index in [1.54, 1.807) is 0 Å². The highest BCUT2D eigenvalue weighted by atomic mass is 15.2. The molecule has 0 aromatic rings. The number of hydrogen-bond acceptors (Lipinski definition) is 2. The molecule has 2 rings (SSSR count). The van der Waals surface area contributed by atoms with Gasteiger partial charge in [0.2, 0.25) is 0 Å². The van der Waals surface area contributed by atoms with Crippen LogP contribution in [0.5, 0.6) is 0 Å². The molecular formula is C15H30N2. The lowest BCUT2D eigenvalue weighted by Gasteiger charge is -2.39. The lowest BCUT2D eigenvalue weighted by Crippen LogP contribution is -2.44. The summed E-state index contributed by atoms with van der Waals surface area (Å²) in [6, 6.07) is 2.45. The van der Waals surface area contributed by atoms with Gasteiger partial charge in [0.1, 0.15) is 0 Å². The molecule has 2 nitrogen and oxygen atoms in total. The van der Waals surface area contributed by atoms with Crippen LogP contribution in [-0.2, 0) is 0 Å². The van der Waals surface area contributed by atoms with Crippen molar-refractivity contribution in [1.29, 1.82) is 0 Å². The highest BCUT2D eigenvalue weighted by Gasteiger charge is 2.24. The SMILES string of the molecule is CC1CCCC(C)N1CCCC1CCCCN1. The van der Waals surface area contributed by atoms with Gasteiger partial charge in [-0.15, -0.1) is 0 Å². The van der Waals surface area contributed by atoms with Gasteiger partial charge in [0.15, 0.2) is 0 Å². The summed E-state index contributed by atoms with van der Waals surface area (Å²) in [6.45, 7) is 7.39. The van der Waals surface area contributed by atoms with E-state index in [9.17, 15) is 0 Å². The molecule has 3 atom stereocenters. The average molecular weight is 238 g/mol. The van der Waals surface area contributed by atoms with Gasteiger partial charge in [-0.1, -0.05) is 12.8 Å². The highest BCUT2D eigenvalue weighted by molar-refractivity contribution is 4.80. The largest absolute Gasteiger partial charge is 0.314 e. The van der Waals surface area contributed by atoms with Crippen LogP contribution in [-0.4, -0.2) is 36.1 Å². The summed E-state index contributed by atoms with van der Waals surface area (Å²) in [5.41, 5.74) is 0. The Hall–Kier alpha value is -0.0800. The van der Waals surface area contributed by atoms with Crippen LogP contribution in [0.25, 0.3) is 0 Å². The Morgan fingerprint density at radius 2 is 1.76 bits per heavy atom. The van der Waals surface area contributed by atoms with Crippen molar-refractivity contribution in [3.63, 3.8) is 0 Å². The topological polar surface area (TPSA) is 15.3 Å². The molecule has 0 saturated carbocycles. The van der Waals surface area contributed by atoms with Crippen molar-refractivity contribution in [3.05, 3.63) is 0 Å². The van der Waals surface area contributed by atoms with Crippen molar-refractivity contribution >= 4 is 0 Å². The van der Waals surface area contributed by atoms with Gasteiger partial charge in [0.25, 0.3) is 0 Å². The highest BCUT2D eigenvalue weighted by Crippen LogP contribution is 2.23. The van der Waals surface area contributed by atoms with Crippen molar-refractivity contribution < 1.29 is 0 Å². The third-order valence-electron chi connectivity index (χ3n) is 4.76. The first-order valence-electron chi connectivity index (χ1n) is 7.76. The number of piperidine rings is 2. The molecule has 0 bridgehead atoms. The molecule has 0 spiro atoms. The fourth-order valence-electron chi connectivity index (χ4n) is 3.61. The molecule has 17 heavy (non-hydrogen) atoms. The van der Waals surface area contributed by atoms with Crippen molar-refractivity contribution in [3.8, 4) is 0 Å². The minimum Gasteiger partial charge on any atom is -0.314 e. The summed E-state index contributed by atoms with van der Waals surface area (Å²) in [5.74, 6) is 0. The Bertz CT molecular complexity index is 201. The lowest BCUT2D eigenvalue weighted by molar-refractivity contribution is 0.0998. The van der Waals surface area contributed by atoms with Gasteiger partial charge in [-0.25, -0.2) is 0 Å². The number of rotatable bonds is 4. The third kappa shape index (κ3) is 3.96. The molecule has 2 heterocycles. The maximum Gasteiger partial charge on any atom is 0.00697 e. The van der Waals surface area contributed by atoms with E-state index < -0.39 is 0 Å². The summed E-state index contributed by atoms with van der Waals surface area (Å²) < 4.78 is 0. The zero-order valence-corrected chi connectivity index (χ0v) is 11.8. The van der Waals surface area contributed by atoms with Crippen LogP contribution in [0.3, 0.4) is 0 Å². The van der Waals surface area contributed by atoms with Crippen LogP contribution in [0, 0.1) is 0 Å². The molecule has 2 saturated heterocycles. The Kier molecular flexibility index (Phi) is 5.30. The maximum atomic E-state index is 3.66. The second-order valence-electron chi connectivity index (χ2n) is 6.16. The fourth-order valence-corrected chi connectivity index (χ4v) is 3.61. The second-order valence-corrected chi connectivity index (χ2v) is 6.16. The van der Waals surface area contributed by atoms with Gasteiger partial charge in [0.05, 0.1) is 0 Å². The predicted octanol–water partition coefficient (Wildman–Crippen LogP) is 3.17. The van der Waals surface area contributed by atoms with Crippen molar-refractivity contribution in [2.24, 2.45) is 0 Å². The van der Waals surface area contributed by atoms with Crippen LogP contribution < -0.4 is 5.32 Å². The van der Waals surface area contributed by atoms with Gasteiger partial charge >= 0.3 is 0 Å². The molecular weight excluding hydrogens is 208 g/mol. The molecule has 2 heteroatoms. The quantitative estimate of drug-likeness (QED) is 0.809. The monoisotopic (exact) mass is 238 g/mol. The molecule has 100 valence electrons. The smallest absolute Gasteiger partial charge is 0.00697 e. The summed E-state index contributed by atoms with van der Waals surface area (Å²) in [6.07, 6.45) is 11.2. The summed E-state index contributed by atoms with van der Waals surface area (Å²) >= 11 is 0. The predicted molar refractivity (Wildman–Crippen MR) is 74.4 cm³/mol. The van der Waals surface area contributed by atoms with Crippen LogP contribution >= 0.6 is 0 Å². The Morgan fingerprint density at radius 3 is 2.41 bits per heavy atom. The summed E-state index contributed by atoms with van der Waals surface area (Å²) in [5, 5.41) is 3.66. The van der Waals surface area contributed by atoms with E-state index in [0.29, 0.717) is 0 Å². The standard InChI is InChI=1S/C15H30N2/c1-13-7-5-8-14(2)17(13)12-6-10-15-9-3-4-11-16-15/h13-16H,3-12H2,1-2H3. The molecule has 0 amide bonds. The van der Waals surface area contributed by atoms with Gasteiger partial charge in [-0.2, -0.15) is 0 Å². The Labute approximate surface area is 107 Å². The number of likely N-dealkylation sites (tertiary alicyclic amines) is 1. The lowest BCUT2D eigenvalue weighted by atomic mass is 9.96. The van der Waals surface area contributed by atoms with E-state index >= 15 is 0 Å². The molecule has 2 aliphatic rings. The van der Waals surface area contributed by atoms with Gasteiger partial charge in [0, 0.05) is 18.1 Å². The zero-order chi connectivity index (χ0) is 12.1. The first kappa shape index (κ1) is 13.4. The van der Waals surface area contributed by atoms with Crippen LogP contribution in [0.2, 0.25) is 0 Å². The molecule has 1 N–H and O–H groups in total. The molecule has 0 radical (unpaired) electrons. The van der Waals surface area contributed by atoms with Crippen LogP contribution in [0.15, 0.2) is 0 Å². The zero-order valence-electron chi connectivity index (χ0n) is 11.8. The molecule has 0 aromatic heterocycles. The van der Waals surface area contributed by atoms with E-state index in [0.717, 1.165) is 18.1 Å². The van der Waals surface area contributed by atoms with E-state index in [1.807, 2.05) is 0 Å². The molecule has 3 unspecified atom stereocenters. The van der Waals surface area contributed by atoms with E-state index in [2.05, 4.69) is 24.1 Å². The normalized spacial score (nSPS) is 36.0. The average Bonchev–Trinajstić information content (AvgIpc) is 2.34. The fraction of sp³-hybridized carbons (Fsp3) is 1.00. The molecule has 0 aliphatic carbocycles. The van der Waals surface area contributed by atoms with Crippen molar-refractivity contribution in [1.82, 2.24) is 10.2 Å². The van der Waals surface area contributed by atoms with Gasteiger partial charge in [-0.05, 0) is 65.5 Å². The van der Waals surface area contributed by atoms with Crippen molar-refractivity contribution in [2.45, 2.75) is 83.3 Å². The van der Waals surface area contributed by atoms with Crippen LogP contribution in [0.4, 0.5) is 0 Å². The van der Waals surface area contributed by atoms with Crippen molar-refractivity contribution in [2.75, 3.05) is 13.1 Å². The molecule has 0 aromatic carbocycles. The number of nitrogens with one attached hydrogen (secondary N) is 1. The van der Waals surface area contributed by atoms with Crippen LogP contribution in [0.1, 0.15) is 65.2 Å². The number of nitrogens with zero attached hydrogens (tertiary/aromatic N) is 1. The minimum atomic E-state index is 0.818. The second kappa shape index (κ2) is 6.75. The van der Waals surface area contributed by atoms with E-state index in [-0.39, 0.29) is 0 Å². The Balaban J connectivity index is 1.66. The summed E-state index contributed by atoms with van der Waals surface area (Å²) in [4.78, 5) is 2.74. The first-order valence-corrected chi connectivity index (χ1v) is 7.76. The van der Waals surface area contributed by atoms with Gasteiger partial charge in [-0.3, -0.25) is 4.90 Å². The number of hydrogen-bond donors (Lipinski definition) is 1. The molecule has 2 aliphatic heterocycles. The van der Waals surface area contributed by atoms with E-state index in [4.69, 9.17) is 0 Å². The molecule has 2 fully saturated rings. The third-order valence-corrected chi connectivity index (χ3v) is 4.76. The first-order chi connectivity index (χ1) is 8.27.